The average Bonchev–Trinajstić information content (AvgIpc) is 2.70. The first-order valence-electron chi connectivity index (χ1n) is 5.48. The van der Waals surface area contributed by atoms with Crippen molar-refractivity contribution in [2.75, 3.05) is 17.1 Å². The van der Waals surface area contributed by atoms with Crippen molar-refractivity contribution in [3.05, 3.63) is 23.8 Å². The monoisotopic (exact) mass is 282 g/mol. The Morgan fingerprint density at radius 3 is 2.32 bits per heavy atom. The van der Waals surface area contributed by atoms with Gasteiger partial charge in [0.1, 0.15) is 4.90 Å². The molecule has 0 aliphatic rings. The molecule has 0 atom stereocenters. The molecule has 0 amide bonds. The molecule has 2 heterocycles. The van der Waals surface area contributed by atoms with Gasteiger partial charge in [0.2, 0.25) is 5.95 Å². The molecule has 0 fully saturated rings. The highest BCUT2D eigenvalue weighted by Gasteiger charge is 2.18. The Hall–Kier alpha value is -2.16. The third-order valence-electron chi connectivity index (χ3n) is 2.53. The summed E-state index contributed by atoms with van der Waals surface area (Å²) in [6.45, 7) is 3.44. The minimum Gasteiger partial charge on any atom is -0.357 e. The molecule has 0 aliphatic heterocycles. The molecule has 3 N–H and O–H groups in total. The van der Waals surface area contributed by atoms with E-state index in [9.17, 15) is 8.42 Å². The van der Waals surface area contributed by atoms with Crippen LogP contribution in [-0.4, -0.2) is 35.6 Å². The SMILES string of the molecule is CNc1ncc(S(=O)(=O)Nc2c(C)n[nH]c2C)cn1. The molecular formula is C10H14N6O2S. The number of hydrogen-bond acceptors (Lipinski definition) is 6. The van der Waals surface area contributed by atoms with Crippen LogP contribution in [0.5, 0.6) is 0 Å². The fourth-order valence-corrected chi connectivity index (χ4v) is 2.55. The maximum atomic E-state index is 12.2. The van der Waals surface area contributed by atoms with Crippen molar-refractivity contribution in [1.29, 1.82) is 0 Å². The molecule has 0 spiro atoms. The largest absolute Gasteiger partial charge is 0.357 e. The molecule has 0 saturated carbocycles. The number of hydrogen-bond donors (Lipinski definition) is 3. The summed E-state index contributed by atoms with van der Waals surface area (Å²) in [4.78, 5) is 7.74. The van der Waals surface area contributed by atoms with Gasteiger partial charge in [-0.05, 0) is 13.8 Å². The van der Waals surface area contributed by atoms with Crippen LogP contribution in [0.4, 0.5) is 11.6 Å². The molecule has 2 aromatic rings. The zero-order valence-electron chi connectivity index (χ0n) is 10.7. The van der Waals surface area contributed by atoms with E-state index >= 15 is 0 Å². The maximum absolute atomic E-state index is 12.2. The summed E-state index contributed by atoms with van der Waals surface area (Å²) >= 11 is 0. The fraction of sp³-hybridized carbons (Fsp3) is 0.300. The van der Waals surface area contributed by atoms with Gasteiger partial charge in [-0.1, -0.05) is 0 Å². The van der Waals surface area contributed by atoms with Crippen LogP contribution < -0.4 is 10.0 Å². The predicted molar refractivity (Wildman–Crippen MR) is 70.4 cm³/mol. The highest BCUT2D eigenvalue weighted by molar-refractivity contribution is 7.92. The Labute approximate surface area is 110 Å². The Bertz CT molecular complexity index is 657. The Morgan fingerprint density at radius 2 is 1.84 bits per heavy atom. The van der Waals surface area contributed by atoms with Crippen LogP contribution >= 0.6 is 0 Å². The number of nitrogens with one attached hydrogen (secondary N) is 3. The Morgan fingerprint density at radius 1 is 1.21 bits per heavy atom. The topological polar surface area (TPSA) is 113 Å². The molecule has 0 radical (unpaired) electrons. The van der Waals surface area contributed by atoms with E-state index in [-0.39, 0.29) is 4.90 Å². The molecule has 2 aromatic heterocycles. The van der Waals surface area contributed by atoms with Crippen LogP contribution in [0.25, 0.3) is 0 Å². The van der Waals surface area contributed by atoms with Crippen LogP contribution in [0.15, 0.2) is 17.3 Å². The lowest BCUT2D eigenvalue weighted by molar-refractivity contribution is 0.600. The lowest BCUT2D eigenvalue weighted by atomic mass is 10.3. The third-order valence-corrected chi connectivity index (χ3v) is 3.83. The lowest BCUT2D eigenvalue weighted by Gasteiger charge is -2.07. The van der Waals surface area contributed by atoms with Crippen LogP contribution in [0.2, 0.25) is 0 Å². The number of aromatic amines is 1. The van der Waals surface area contributed by atoms with E-state index in [1.807, 2.05) is 0 Å². The van der Waals surface area contributed by atoms with E-state index in [4.69, 9.17) is 0 Å². The maximum Gasteiger partial charge on any atom is 0.265 e. The first-order chi connectivity index (χ1) is 8.94. The molecule has 0 saturated heterocycles. The van der Waals surface area contributed by atoms with Gasteiger partial charge in [0.15, 0.2) is 0 Å². The summed E-state index contributed by atoms with van der Waals surface area (Å²) in [5.41, 5.74) is 1.67. The van der Waals surface area contributed by atoms with Crippen molar-refractivity contribution in [2.45, 2.75) is 18.7 Å². The van der Waals surface area contributed by atoms with Crippen LogP contribution in [0, 0.1) is 13.8 Å². The van der Waals surface area contributed by atoms with Gasteiger partial charge in [0.25, 0.3) is 10.0 Å². The van der Waals surface area contributed by atoms with E-state index in [2.05, 4.69) is 30.2 Å². The van der Waals surface area contributed by atoms with Crippen LogP contribution in [-0.2, 0) is 10.0 Å². The van der Waals surface area contributed by atoms with E-state index in [1.165, 1.54) is 12.4 Å². The van der Waals surface area contributed by atoms with Crippen molar-refractivity contribution in [3.63, 3.8) is 0 Å². The molecule has 102 valence electrons. The van der Waals surface area contributed by atoms with E-state index in [0.717, 1.165) is 0 Å². The minimum atomic E-state index is -3.72. The summed E-state index contributed by atoms with van der Waals surface area (Å²) in [7, 11) is -2.06. The number of H-pyrrole nitrogens is 1. The van der Waals surface area contributed by atoms with Crippen molar-refractivity contribution in [1.82, 2.24) is 20.2 Å². The Balaban J connectivity index is 2.32. The van der Waals surface area contributed by atoms with E-state index in [1.54, 1.807) is 20.9 Å². The van der Waals surface area contributed by atoms with Crippen molar-refractivity contribution >= 4 is 21.7 Å². The summed E-state index contributed by atoms with van der Waals surface area (Å²) in [5, 5.41) is 9.36. The second-order valence-corrected chi connectivity index (χ2v) is 5.59. The molecule has 0 aromatic carbocycles. The first kappa shape index (κ1) is 13.3. The first-order valence-corrected chi connectivity index (χ1v) is 6.96. The fourth-order valence-electron chi connectivity index (χ4n) is 1.48. The van der Waals surface area contributed by atoms with Gasteiger partial charge in [-0.2, -0.15) is 5.10 Å². The predicted octanol–water partition coefficient (Wildman–Crippen LogP) is 0.659. The van der Waals surface area contributed by atoms with Gasteiger partial charge in [0.05, 0.1) is 29.5 Å². The highest BCUT2D eigenvalue weighted by atomic mass is 32.2. The molecular weight excluding hydrogens is 268 g/mol. The Kier molecular flexibility index (Phi) is 3.38. The molecule has 19 heavy (non-hydrogen) atoms. The number of aryl methyl sites for hydroxylation is 2. The van der Waals surface area contributed by atoms with Gasteiger partial charge in [-0.3, -0.25) is 9.82 Å². The zero-order chi connectivity index (χ0) is 14.0. The van der Waals surface area contributed by atoms with Crippen molar-refractivity contribution in [2.24, 2.45) is 0 Å². The minimum absolute atomic E-state index is 0.00787. The zero-order valence-corrected chi connectivity index (χ0v) is 11.5. The van der Waals surface area contributed by atoms with Gasteiger partial charge >= 0.3 is 0 Å². The average molecular weight is 282 g/mol. The number of nitrogens with zero attached hydrogens (tertiary/aromatic N) is 3. The normalized spacial score (nSPS) is 11.3. The molecule has 8 nitrogen and oxygen atoms in total. The molecule has 9 heteroatoms. The molecule has 0 aliphatic carbocycles. The quantitative estimate of drug-likeness (QED) is 0.759. The summed E-state index contributed by atoms with van der Waals surface area (Å²) in [5.74, 6) is 0.356. The molecule has 0 bridgehead atoms. The van der Waals surface area contributed by atoms with Crippen LogP contribution in [0.1, 0.15) is 11.4 Å². The molecule has 2 rings (SSSR count). The van der Waals surface area contributed by atoms with Gasteiger partial charge in [-0.15, -0.1) is 0 Å². The summed E-state index contributed by atoms with van der Waals surface area (Å²) in [6.07, 6.45) is 2.48. The van der Waals surface area contributed by atoms with Crippen molar-refractivity contribution in [3.8, 4) is 0 Å². The second-order valence-electron chi connectivity index (χ2n) is 3.91. The summed E-state index contributed by atoms with van der Waals surface area (Å²) in [6, 6.07) is 0. The number of rotatable bonds is 4. The second kappa shape index (κ2) is 4.84. The van der Waals surface area contributed by atoms with Gasteiger partial charge < -0.3 is 5.32 Å². The standard InChI is InChI=1S/C10H14N6O2S/c1-6-9(7(2)15-14-6)16-19(17,18)8-4-12-10(11-3)13-5-8/h4-5,16H,1-3H3,(H,14,15)(H,11,12,13). The molecule has 0 unspecified atom stereocenters. The van der Waals surface area contributed by atoms with Gasteiger partial charge in [-0.25, -0.2) is 18.4 Å². The van der Waals surface area contributed by atoms with Gasteiger partial charge in [0, 0.05) is 7.05 Å². The van der Waals surface area contributed by atoms with Crippen LogP contribution in [0.3, 0.4) is 0 Å². The third kappa shape index (κ3) is 2.65. The van der Waals surface area contributed by atoms with Crippen molar-refractivity contribution < 1.29 is 8.42 Å². The number of sulfonamides is 1. The lowest BCUT2D eigenvalue weighted by Crippen LogP contribution is -2.15. The van der Waals surface area contributed by atoms with E-state index in [0.29, 0.717) is 23.0 Å². The number of aromatic nitrogens is 4. The highest BCUT2D eigenvalue weighted by Crippen LogP contribution is 2.20. The summed E-state index contributed by atoms with van der Waals surface area (Å²) < 4.78 is 26.8. The smallest absolute Gasteiger partial charge is 0.265 e. The number of anilines is 2. The van der Waals surface area contributed by atoms with E-state index < -0.39 is 10.0 Å².